The Labute approximate surface area is 180 Å². The van der Waals surface area contributed by atoms with E-state index in [1.165, 1.54) is 9.47 Å². The zero-order valence-electron chi connectivity index (χ0n) is 18.0. The minimum absolute atomic E-state index is 0.0387. The number of para-hydroxylation sites is 2. The molecule has 1 aliphatic heterocycles. The van der Waals surface area contributed by atoms with Gasteiger partial charge in [0, 0.05) is 33.1 Å². The highest BCUT2D eigenvalue weighted by Crippen LogP contribution is 2.18. The molecule has 1 aromatic carbocycles. The van der Waals surface area contributed by atoms with Crippen LogP contribution in [0.1, 0.15) is 32.6 Å². The molecule has 0 radical (unpaired) electrons. The number of ether oxygens (including phenoxy) is 1. The summed E-state index contributed by atoms with van der Waals surface area (Å²) < 4.78 is 11.8. The van der Waals surface area contributed by atoms with Gasteiger partial charge in [0.25, 0.3) is 0 Å². The highest BCUT2D eigenvalue weighted by molar-refractivity contribution is 5.85. The van der Waals surface area contributed by atoms with Gasteiger partial charge in [-0.25, -0.2) is 4.79 Å². The molecule has 1 fully saturated rings. The topological polar surface area (TPSA) is 102 Å². The molecule has 0 spiro atoms. The molecule has 2 aromatic rings. The number of nitrogens with zero attached hydrogens (tertiary/aromatic N) is 3. The lowest BCUT2D eigenvalue weighted by atomic mass is 9.98. The third-order valence-corrected chi connectivity index (χ3v) is 5.54. The number of rotatable bonds is 8. The van der Waals surface area contributed by atoms with Gasteiger partial charge in [0.15, 0.2) is 5.58 Å². The van der Waals surface area contributed by atoms with Crippen LogP contribution < -0.4 is 5.76 Å². The molecule has 168 valence electrons. The fourth-order valence-corrected chi connectivity index (χ4v) is 3.85. The fraction of sp³-hybridized carbons (Fsp3) is 0.545. The van der Waals surface area contributed by atoms with Crippen molar-refractivity contribution < 1.29 is 23.5 Å². The van der Waals surface area contributed by atoms with E-state index >= 15 is 0 Å². The summed E-state index contributed by atoms with van der Waals surface area (Å²) in [5, 5.41) is 0. The maximum absolute atomic E-state index is 12.6. The highest BCUT2D eigenvalue weighted by atomic mass is 16.5. The van der Waals surface area contributed by atoms with Gasteiger partial charge < -0.3 is 19.0 Å². The van der Waals surface area contributed by atoms with Crippen LogP contribution in [0.2, 0.25) is 0 Å². The van der Waals surface area contributed by atoms with E-state index in [0.717, 1.165) is 6.42 Å². The normalized spacial score (nSPS) is 16.3. The number of amides is 2. The summed E-state index contributed by atoms with van der Waals surface area (Å²) in [6, 6.07) is 7.15. The van der Waals surface area contributed by atoms with Gasteiger partial charge in [0.1, 0.15) is 0 Å². The summed E-state index contributed by atoms with van der Waals surface area (Å²) >= 11 is 0. The van der Waals surface area contributed by atoms with Crippen LogP contribution in [-0.2, 0) is 25.7 Å². The number of hydrogen-bond acceptors (Lipinski definition) is 6. The molecule has 1 aliphatic rings. The number of aryl methyl sites for hydroxylation is 1. The van der Waals surface area contributed by atoms with Gasteiger partial charge in [-0.05, 0) is 38.3 Å². The summed E-state index contributed by atoms with van der Waals surface area (Å²) in [6.45, 7) is 3.31. The Hall–Kier alpha value is -3.10. The largest absolute Gasteiger partial charge is 0.466 e. The summed E-state index contributed by atoms with van der Waals surface area (Å²) in [7, 11) is 1.59. The molecule has 9 nitrogen and oxygen atoms in total. The standard InChI is InChI=1S/C22H29N3O6/c1-3-30-21(28)16-8-6-12-24(14-16)20(27)15-23(2)19(26)11-7-13-25-17-9-4-5-10-18(17)31-22(25)29/h4-5,9-10,16H,3,6-8,11-15H2,1-2H3. The van der Waals surface area contributed by atoms with Crippen molar-refractivity contribution in [3.63, 3.8) is 0 Å². The summed E-state index contributed by atoms with van der Waals surface area (Å²) in [5.41, 5.74) is 1.22. The van der Waals surface area contributed by atoms with Crippen molar-refractivity contribution in [2.24, 2.45) is 5.92 Å². The van der Waals surface area contributed by atoms with E-state index in [2.05, 4.69) is 0 Å². The zero-order chi connectivity index (χ0) is 22.4. The molecule has 31 heavy (non-hydrogen) atoms. The Bertz CT molecular complexity index is 995. The SMILES string of the molecule is CCOC(=O)C1CCCN(C(=O)CN(C)C(=O)CCCn2c(=O)oc3ccccc32)C1. The molecule has 0 bridgehead atoms. The van der Waals surface area contributed by atoms with Crippen LogP contribution >= 0.6 is 0 Å². The number of benzene rings is 1. The monoisotopic (exact) mass is 431 g/mol. The molecule has 2 amide bonds. The first-order valence-corrected chi connectivity index (χ1v) is 10.7. The maximum atomic E-state index is 12.6. The second-order valence-electron chi connectivity index (χ2n) is 7.77. The molecular weight excluding hydrogens is 402 g/mol. The second-order valence-corrected chi connectivity index (χ2v) is 7.77. The molecule has 3 rings (SSSR count). The minimum atomic E-state index is -0.446. The first-order chi connectivity index (χ1) is 14.9. The van der Waals surface area contributed by atoms with Gasteiger partial charge in [-0.2, -0.15) is 0 Å². The molecule has 0 aliphatic carbocycles. The van der Waals surface area contributed by atoms with Crippen LogP contribution in [0.15, 0.2) is 33.5 Å². The van der Waals surface area contributed by atoms with Gasteiger partial charge in [-0.3, -0.25) is 19.0 Å². The van der Waals surface area contributed by atoms with Crippen molar-refractivity contribution in [2.75, 3.05) is 33.3 Å². The van der Waals surface area contributed by atoms with E-state index in [4.69, 9.17) is 9.15 Å². The minimum Gasteiger partial charge on any atom is -0.466 e. The van der Waals surface area contributed by atoms with Crippen LogP contribution in [0.5, 0.6) is 0 Å². The van der Waals surface area contributed by atoms with Crippen LogP contribution in [0.4, 0.5) is 0 Å². The lowest BCUT2D eigenvalue weighted by Gasteiger charge is -2.32. The number of hydrogen-bond donors (Lipinski definition) is 0. The number of carbonyl (C=O) groups is 3. The van der Waals surface area contributed by atoms with Crippen molar-refractivity contribution in [3.8, 4) is 0 Å². The smallest absolute Gasteiger partial charge is 0.419 e. The Morgan fingerprint density at radius 3 is 2.81 bits per heavy atom. The fourth-order valence-electron chi connectivity index (χ4n) is 3.85. The van der Waals surface area contributed by atoms with Crippen molar-refractivity contribution in [1.82, 2.24) is 14.4 Å². The van der Waals surface area contributed by atoms with Crippen molar-refractivity contribution in [2.45, 2.75) is 39.2 Å². The van der Waals surface area contributed by atoms with Crippen LogP contribution in [0, 0.1) is 5.92 Å². The maximum Gasteiger partial charge on any atom is 0.419 e. The quantitative estimate of drug-likeness (QED) is 0.589. The molecule has 9 heteroatoms. The Kier molecular flexibility index (Phi) is 7.49. The molecule has 0 N–H and O–H groups in total. The third kappa shape index (κ3) is 5.53. The lowest BCUT2D eigenvalue weighted by molar-refractivity contribution is -0.152. The highest BCUT2D eigenvalue weighted by Gasteiger charge is 2.30. The number of fused-ring (bicyclic) bond motifs is 1. The lowest BCUT2D eigenvalue weighted by Crippen LogP contribution is -2.47. The molecule has 1 aromatic heterocycles. The molecular formula is C22H29N3O6. The predicted octanol–water partition coefficient (Wildman–Crippen LogP) is 1.63. The van der Waals surface area contributed by atoms with E-state index in [1.54, 1.807) is 37.1 Å². The average molecular weight is 431 g/mol. The molecule has 1 saturated heterocycles. The number of piperidine rings is 1. The van der Waals surface area contributed by atoms with E-state index in [1.807, 2.05) is 6.07 Å². The summed E-state index contributed by atoms with van der Waals surface area (Å²) in [4.78, 5) is 52.1. The third-order valence-electron chi connectivity index (χ3n) is 5.54. The average Bonchev–Trinajstić information content (AvgIpc) is 3.09. The van der Waals surface area contributed by atoms with Crippen LogP contribution in [0.25, 0.3) is 11.1 Å². The molecule has 2 heterocycles. The Morgan fingerprint density at radius 1 is 1.26 bits per heavy atom. The van der Waals surface area contributed by atoms with Gasteiger partial charge in [0.2, 0.25) is 11.8 Å². The predicted molar refractivity (Wildman–Crippen MR) is 113 cm³/mol. The molecule has 1 atom stereocenters. The van der Waals surface area contributed by atoms with Gasteiger partial charge >= 0.3 is 11.7 Å². The Balaban J connectivity index is 1.47. The summed E-state index contributed by atoms with van der Waals surface area (Å²) in [5.74, 6) is -1.37. The zero-order valence-corrected chi connectivity index (χ0v) is 18.0. The Morgan fingerprint density at radius 2 is 2.03 bits per heavy atom. The number of carbonyl (C=O) groups excluding carboxylic acids is 3. The van der Waals surface area contributed by atoms with E-state index in [0.29, 0.717) is 50.2 Å². The van der Waals surface area contributed by atoms with E-state index in [9.17, 15) is 19.2 Å². The number of aromatic nitrogens is 1. The van der Waals surface area contributed by atoms with E-state index < -0.39 is 5.76 Å². The van der Waals surface area contributed by atoms with Crippen molar-refractivity contribution in [3.05, 3.63) is 34.8 Å². The number of esters is 1. The second kappa shape index (κ2) is 10.3. The number of likely N-dealkylation sites (N-methyl/N-ethyl adjacent to an activating group) is 1. The van der Waals surface area contributed by atoms with Crippen molar-refractivity contribution >= 4 is 28.9 Å². The van der Waals surface area contributed by atoms with Crippen LogP contribution in [0.3, 0.4) is 0 Å². The van der Waals surface area contributed by atoms with Gasteiger partial charge in [-0.15, -0.1) is 0 Å². The number of oxazole rings is 1. The molecule has 1 unspecified atom stereocenters. The van der Waals surface area contributed by atoms with Crippen molar-refractivity contribution in [1.29, 1.82) is 0 Å². The summed E-state index contributed by atoms with van der Waals surface area (Å²) in [6.07, 6.45) is 2.11. The first-order valence-electron chi connectivity index (χ1n) is 10.7. The van der Waals surface area contributed by atoms with E-state index in [-0.39, 0.29) is 36.7 Å². The molecule has 0 saturated carbocycles. The van der Waals surface area contributed by atoms with Crippen LogP contribution in [-0.4, -0.2) is 65.4 Å². The first kappa shape index (κ1) is 22.6. The number of likely N-dealkylation sites (tertiary alicyclic amines) is 1. The van der Waals surface area contributed by atoms with Gasteiger partial charge in [0.05, 0.1) is 24.6 Å². The van der Waals surface area contributed by atoms with Gasteiger partial charge in [-0.1, -0.05) is 12.1 Å².